The Morgan fingerprint density at radius 3 is 2.76 bits per heavy atom. The number of aliphatic hydroxyl groups is 1. The molecule has 1 aliphatic rings. The lowest BCUT2D eigenvalue weighted by Gasteiger charge is -2.33. The van der Waals surface area contributed by atoms with Crippen molar-refractivity contribution in [3.8, 4) is 0 Å². The number of aromatic nitrogens is 2. The molecule has 0 saturated heterocycles. The standard InChI is InChI=1S/C15H20N2O3S/c1-15(2,3)8-4-5-9-11(6-8)21-14-16-12(13(19)20)10(7-18)17(9)14/h8,18H,4-7H2,1-3H3,(H,19,20). The lowest BCUT2D eigenvalue weighted by atomic mass is 9.73. The summed E-state index contributed by atoms with van der Waals surface area (Å²) in [5.74, 6) is -0.447. The summed E-state index contributed by atoms with van der Waals surface area (Å²) >= 11 is 1.56. The molecule has 0 radical (unpaired) electrons. The van der Waals surface area contributed by atoms with E-state index in [0.29, 0.717) is 16.6 Å². The van der Waals surface area contributed by atoms with E-state index in [-0.39, 0.29) is 17.7 Å². The lowest BCUT2D eigenvalue weighted by Crippen LogP contribution is -2.26. The number of carboxylic acids is 1. The minimum absolute atomic E-state index is 0.0236. The number of imidazole rings is 1. The Bertz CT molecular complexity index is 709. The Morgan fingerprint density at radius 2 is 2.19 bits per heavy atom. The summed E-state index contributed by atoms with van der Waals surface area (Å²) in [5.41, 5.74) is 1.80. The Morgan fingerprint density at radius 1 is 1.48 bits per heavy atom. The highest BCUT2D eigenvalue weighted by Gasteiger charge is 2.32. The van der Waals surface area contributed by atoms with Crippen molar-refractivity contribution in [2.75, 3.05) is 0 Å². The van der Waals surface area contributed by atoms with Crippen LogP contribution in [0.1, 0.15) is 53.9 Å². The monoisotopic (exact) mass is 308 g/mol. The molecule has 2 N–H and O–H groups in total. The predicted octanol–water partition coefficient (Wildman–Crippen LogP) is 2.74. The highest BCUT2D eigenvalue weighted by atomic mass is 32.1. The van der Waals surface area contributed by atoms with Gasteiger partial charge in [-0.15, -0.1) is 11.3 Å². The normalized spacial score (nSPS) is 19.0. The van der Waals surface area contributed by atoms with Gasteiger partial charge in [-0.25, -0.2) is 9.78 Å². The fourth-order valence-corrected chi connectivity index (χ4v) is 4.44. The number of carbonyl (C=O) groups is 1. The Labute approximate surface area is 127 Å². The fraction of sp³-hybridized carbons (Fsp3) is 0.600. The Balaban J connectivity index is 2.10. The number of aryl methyl sites for hydroxylation is 1. The summed E-state index contributed by atoms with van der Waals surface area (Å²) in [5, 5.41) is 18.7. The molecule has 2 heterocycles. The highest BCUT2D eigenvalue weighted by Crippen LogP contribution is 2.40. The van der Waals surface area contributed by atoms with Gasteiger partial charge in [-0.3, -0.25) is 4.40 Å². The van der Waals surface area contributed by atoms with Crippen molar-refractivity contribution in [2.24, 2.45) is 11.3 Å². The van der Waals surface area contributed by atoms with Crippen molar-refractivity contribution in [3.05, 3.63) is 22.0 Å². The van der Waals surface area contributed by atoms with Gasteiger partial charge in [-0.1, -0.05) is 20.8 Å². The molecule has 0 spiro atoms. The number of rotatable bonds is 2. The minimum Gasteiger partial charge on any atom is -0.476 e. The van der Waals surface area contributed by atoms with Crippen LogP contribution in [-0.2, 0) is 19.4 Å². The molecule has 0 bridgehead atoms. The second kappa shape index (κ2) is 4.81. The third kappa shape index (κ3) is 2.26. The lowest BCUT2D eigenvalue weighted by molar-refractivity contribution is 0.0687. The molecule has 3 rings (SSSR count). The summed E-state index contributed by atoms with van der Waals surface area (Å²) in [7, 11) is 0. The fourth-order valence-electron chi connectivity index (χ4n) is 3.18. The zero-order valence-corrected chi connectivity index (χ0v) is 13.3. The summed E-state index contributed by atoms with van der Waals surface area (Å²) in [4.78, 5) is 17.4. The molecular formula is C15H20N2O3S. The average Bonchev–Trinajstić information content (AvgIpc) is 2.91. The molecule has 0 fully saturated rings. The summed E-state index contributed by atoms with van der Waals surface area (Å²) < 4.78 is 1.86. The summed E-state index contributed by atoms with van der Waals surface area (Å²) in [6, 6.07) is 0. The first-order valence-electron chi connectivity index (χ1n) is 7.19. The third-order valence-electron chi connectivity index (χ3n) is 4.49. The van der Waals surface area contributed by atoms with Gasteiger partial charge in [-0.2, -0.15) is 0 Å². The molecule has 5 nitrogen and oxygen atoms in total. The van der Waals surface area contributed by atoms with Gasteiger partial charge in [-0.05, 0) is 30.6 Å². The van der Waals surface area contributed by atoms with Crippen molar-refractivity contribution in [1.29, 1.82) is 0 Å². The van der Waals surface area contributed by atoms with Crippen molar-refractivity contribution < 1.29 is 15.0 Å². The maximum Gasteiger partial charge on any atom is 0.356 e. The SMILES string of the molecule is CC(C)(C)C1CCc2c(sc3nc(C(=O)O)c(CO)n23)C1. The number of hydrogen-bond donors (Lipinski definition) is 2. The van der Waals surface area contributed by atoms with Crippen molar-refractivity contribution in [1.82, 2.24) is 9.38 Å². The van der Waals surface area contributed by atoms with Crippen LogP contribution in [0.25, 0.3) is 4.96 Å². The van der Waals surface area contributed by atoms with Crippen LogP contribution in [0.15, 0.2) is 0 Å². The van der Waals surface area contributed by atoms with E-state index < -0.39 is 5.97 Å². The number of aromatic carboxylic acids is 1. The van der Waals surface area contributed by atoms with Gasteiger partial charge >= 0.3 is 5.97 Å². The van der Waals surface area contributed by atoms with Crippen LogP contribution in [0.5, 0.6) is 0 Å². The molecule has 0 aromatic carbocycles. The quantitative estimate of drug-likeness (QED) is 0.894. The first kappa shape index (κ1) is 14.5. The van der Waals surface area contributed by atoms with Gasteiger partial charge in [0, 0.05) is 10.6 Å². The van der Waals surface area contributed by atoms with Gasteiger partial charge in [0.2, 0.25) is 0 Å². The number of aliphatic hydroxyl groups excluding tert-OH is 1. The van der Waals surface area contributed by atoms with Crippen molar-refractivity contribution in [2.45, 2.75) is 46.6 Å². The van der Waals surface area contributed by atoms with E-state index in [0.717, 1.165) is 25.0 Å². The van der Waals surface area contributed by atoms with Gasteiger partial charge in [0.15, 0.2) is 10.7 Å². The van der Waals surface area contributed by atoms with E-state index in [9.17, 15) is 15.0 Å². The van der Waals surface area contributed by atoms with Gasteiger partial charge in [0.1, 0.15) is 0 Å². The van der Waals surface area contributed by atoms with E-state index >= 15 is 0 Å². The molecule has 0 saturated carbocycles. The van der Waals surface area contributed by atoms with Crippen LogP contribution in [0.3, 0.4) is 0 Å². The zero-order chi connectivity index (χ0) is 15.4. The zero-order valence-electron chi connectivity index (χ0n) is 12.5. The molecule has 6 heteroatoms. The van der Waals surface area contributed by atoms with E-state index in [1.165, 1.54) is 4.88 Å². The predicted molar refractivity (Wildman–Crippen MR) is 80.9 cm³/mol. The van der Waals surface area contributed by atoms with Gasteiger partial charge < -0.3 is 10.2 Å². The molecule has 1 aliphatic carbocycles. The summed E-state index contributed by atoms with van der Waals surface area (Å²) in [6.07, 6.45) is 3.02. The molecule has 1 unspecified atom stereocenters. The highest BCUT2D eigenvalue weighted by molar-refractivity contribution is 7.17. The molecule has 0 amide bonds. The second-order valence-electron chi connectivity index (χ2n) is 6.77. The molecule has 21 heavy (non-hydrogen) atoms. The summed E-state index contributed by atoms with van der Waals surface area (Å²) in [6.45, 7) is 6.50. The third-order valence-corrected chi connectivity index (χ3v) is 5.59. The molecule has 114 valence electrons. The van der Waals surface area contributed by atoms with E-state index in [4.69, 9.17) is 0 Å². The maximum atomic E-state index is 11.2. The van der Waals surface area contributed by atoms with Crippen LogP contribution in [0.2, 0.25) is 0 Å². The Hall–Kier alpha value is -1.40. The Kier molecular flexibility index (Phi) is 3.33. The van der Waals surface area contributed by atoms with Crippen LogP contribution >= 0.6 is 11.3 Å². The topological polar surface area (TPSA) is 74.8 Å². The first-order valence-corrected chi connectivity index (χ1v) is 8.00. The van der Waals surface area contributed by atoms with Crippen LogP contribution in [-0.4, -0.2) is 25.6 Å². The average molecular weight is 308 g/mol. The van der Waals surface area contributed by atoms with Crippen LogP contribution in [0, 0.1) is 11.3 Å². The van der Waals surface area contributed by atoms with Crippen molar-refractivity contribution in [3.63, 3.8) is 0 Å². The van der Waals surface area contributed by atoms with Crippen LogP contribution < -0.4 is 0 Å². The van der Waals surface area contributed by atoms with Gasteiger partial charge in [0.25, 0.3) is 0 Å². The van der Waals surface area contributed by atoms with E-state index in [1.54, 1.807) is 11.3 Å². The van der Waals surface area contributed by atoms with Gasteiger partial charge in [0.05, 0.1) is 12.3 Å². The number of carboxylic acid groups (broad SMARTS) is 1. The second-order valence-corrected chi connectivity index (χ2v) is 7.83. The molecule has 0 aliphatic heterocycles. The molecule has 2 aromatic rings. The largest absolute Gasteiger partial charge is 0.476 e. The minimum atomic E-state index is -1.08. The number of hydrogen-bond acceptors (Lipinski definition) is 4. The molecule has 1 atom stereocenters. The first-order chi connectivity index (χ1) is 9.82. The van der Waals surface area contributed by atoms with Crippen LogP contribution in [0.4, 0.5) is 0 Å². The number of thiazole rings is 1. The smallest absolute Gasteiger partial charge is 0.356 e. The van der Waals surface area contributed by atoms with E-state index in [1.807, 2.05) is 4.40 Å². The number of fused-ring (bicyclic) bond motifs is 3. The van der Waals surface area contributed by atoms with E-state index in [2.05, 4.69) is 25.8 Å². The maximum absolute atomic E-state index is 11.2. The van der Waals surface area contributed by atoms with Crippen molar-refractivity contribution >= 4 is 22.3 Å². The molecule has 2 aromatic heterocycles. The molecular weight excluding hydrogens is 288 g/mol. The number of nitrogens with zero attached hydrogens (tertiary/aromatic N) is 2.